The van der Waals surface area contributed by atoms with Crippen molar-refractivity contribution in [1.29, 1.82) is 0 Å². The predicted molar refractivity (Wildman–Crippen MR) is 74.7 cm³/mol. The summed E-state index contributed by atoms with van der Waals surface area (Å²) in [4.78, 5) is 16.2. The van der Waals surface area contributed by atoms with Gasteiger partial charge in [-0.3, -0.25) is 9.69 Å². The molecule has 2 rings (SSSR count). The van der Waals surface area contributed by atoms with E-state index in [2.05, 4.69) is 4.90 Å². The molecular weight excluding hydrogens is 242 g/mol. The number of anilines is 1. The van der Waals surface area contributed by atoms with E-state index in [1.54, 1.807) is 0 Å². The fraction of sp³-hybridized carbons (Fsp3) is 0.500. The van der Waals surface area contributed by atoms with Crippen LogP contribution >= 0.6 is 0 Å². The van der Waals surface area contributed by atoms with Crippen LogP contribution < -0.4 is 5.73 Å². The third-order valence-electron chi connectivity index (χ3n) is 3.54. The molecule has 0 atom stereocenters. The summed E-state index contributed by atoms with van der Waals surface area (Å²) < 4.78 is 0. The number of aliphatic hydroxyl groups is 1. The Morgan fingerprint density at radius 3 is 2.53 bits per heavy atom. The van der Waals surface area contributed by atoms with E-state index in [0.717, 1.165) is 31.7 Å². The minimum atomic E-state index is 0.126. The molecule has 19 heavy (non-hydrogen) atoms. The number of nitrogens with two attached hydrogens (primary N) is 1. The van der Waals surface area contributed by atoms with Crippen molar-refractivity contribution in [2.45, 2.75) is 6.42 Å². The quantitative estimate of drug-likeness (QED) is 0.747. The summed E-state index contributed by atoms with van der Waals surface area (Å²) in [6, 6.07) is 7.49. The van der Waals surface area contributed by atoms with Crippen LogP contribution in [-0.2, 0) is 11.2 Å². The lowest BCUT2D eigenvalue weighted by molar-refractivity contribution is -0.132. The summed E-state index contributed by atoms with van der Waals surface area (Å²) in [6.45, 7) is 3.98. The average molecular weight is 263 g/mol. The molecule has 1 aromatic carbocycles. The van der Waals surface area contributed by atoms with Gasteiger partial charge in [-0.05, 0) is 11.6 Å². The lowest BCUT2D eigenvalue weighted by Crippen LogP contribution is -2.49. The Bertz CT molecular complexity index is 428. The Hall–Kier alpha value is -1.59. The van der Waals surface area contributed by atoms with Gasteiger partial charge in [0, 0.05) is 38.4 Å². The molecule has 104 valence electrons. The Kier molecular flexibility index (Phi) is 4.76. The lowest BCUT2D eigenvalue weighted by atomic mass is 10.1. The van der Waals surface area contributed by atoms with E-state index in [0.29, 0.717) is 18.7 Å². The van der Waals surface area contributed by atoms with E-state index in [9.17, 15) is 4.79 Å². The summed E-state index contributed by atoms with van der Waals surface area (Å²) >= 11 is 0. The van der Waals surface area contributed by atoms with Crippen LogP contribution in [0.25, 0.3) is 0 Å². The molecule has 0 radical (unpaired) electrons. The normalized spacial score (nSPS) is 16.6. The number of nitrogens with zero attached hydrogens (tertiary/aromatic N) is 2. The average Bonchev–Trinajstić information content (AvgIpc) is 2.42. The number of amides is 1. The molecule has 0 unspecified atom stereocenters. The number of hydrogen-bond donors (Lipinski definition) is 2. The van der Waals surface area contributed by atoms with Crippen molar-refractivity contribution in [2.24, 2.45) is 0 Å². The highest BCUT2D eigenvalue weighted by Gasteiger charge is 2.21. The monoisotopic (exact) mass is 263 g/mol. The van der Waals surface area contributed by atoms with Crippen molar-refractivity contribution in [3.63, 3.8) is 0 Å². The number of hydrogen-bond acceptors (Lipinski definition) is 4. The second-order valence-corrected chi connectivity index (χ2v) is 4.82. The maximum atomic E-state index is 12.2. The predicted octanol–water partition coefficient (Wildman–Crippen LogP) is -0.0522. The Balaban J connectivity index is 1.87. The standard InChI is InChI=1S/C14H21N3O2/c15-13-4-2-1-3-12(13)11-14(19)17-7-5-16(6-8-17)9-10-18/h1-4,18H,5-11,15H2. The molecule has 0 spiro atoms. The van der Waals surface area contributed by atoms with Crippen molar-refractivity contribution in [3.8, 4) is 0 Å². The van der Waals surface area contributed by atoms with Crippen LogP contribution in [0.1, 0.15) is 5.56 Å². The summed E-state index contributed by atoms with van der Waals surface area (Å²) in [7, 11) is 0. The van der Waals surface area contributed by atoms with Crippen LogP contribution in [0.4, 0.5) is 5.69 Å². The largest absolute Gasteiger partial charge is 0.398 e. The van der Waals surface area contributed by atoms with Gasteiger partial charge in [-0.15, -0.1) is 0 Å². The number of para-hydroxylation sites is 1. The van der Waals surface area contributed by atoms with Gasteiger partial charge in [0.15, 0.2) is 0 Å². The van der Waals surface area contributed by atoms with Crippen molar-refractivity contribution < 1.29 is 9.90 Å². The molecule has 3 N–H and O–H groups in total. The van der Waals surface area contributed by atoms with Gasteiger partial charge in [0.25, 0.3) is 0 Å². The number of piperazine rings is 1. The third kappa shape index (κ3) is 3.68. The van der Waals surface area contributed by atoms with Gasteiger partial charge in [0.1, 0.15) is 0 Å². The molecule has 1 aliphatic heterocycles. The molecule has 0 saturated carbocycles. The van der Waals surface area contributed by atoms with E-state index < -0.39 is 0 Å². The van der Waals surface area contributed by atoms with Gasteiger partial charge in [0.05, 0.1) is 13.0 Å². The molecule has 0 bridgehead atoms. The van der Waals surface area contributed by atoms with Gasteiger partial charge in [-0.1, -0.05) is 18.2 Å². The number of rotatable bonds is 4. The zero-order valence-corrected chi connectivity index (χ0v) is 11.1. The van der Waals surface area contributed by atoms with Crippen molar-refractivity contribution in [3.05, 3.63) is 29.8 Å². The Labute approximate surface area is 113 Å². The molecule has 1 heterocycles. The minimum absolute atomic E-state index is 0.126. The molecule has 1 fully saturated rings. The fourth-order valence-electron chi connectivity index (χ4n) is 2.33. The highest BCUT2D eigenvalue weighted by Crippen LogP contribution is 2.13. The van der Waals surface area contributed by atoms with E-state index >= 15 is 0 Å². The highest BCUT2D eigenvalue weighted by molar-refractivity contribution is 5.80. The first-order valence-corrected chi connectivity index (χ1v) is 6.65. The Morgan fingerprint density at radius 1 is 1.21 bits per heavy atom. The maximum absolute atomic E-state index is 12.2. The number of benzene rings is 1. The van der Waals surface area contributed by atoms with Gasteiger partial charge in [-0.2, -0.15) is 0 Å². The van der Waals surface area contributed by atoms with Crippen LogP contribution in [0.5, 0.6) is 0 Å². The van der Waals surface area contributed by atoms with Crippen LogP contribution in [0.3, 0.4) is 0 Å². The zero-order valence-electron chi connectivity index (χ0n) is 11.1. The van der Waals surface area contributed by atoms with Crippen molar-refractivity contribution in [1.82, 2.24) is 9.80 Å². The number of β-amino-alcohol motifs (C(OH)–C–C–N with tert-alkyl or cyclic N) is 1. The summed E-state index contributed by atoms with van der Waals surface area (Å²) in [5, 5.41) is 8.88. The third-order valence-corrected chi connectivity index (χ3v) is 3.54. The second kappa shape index (κ2) is 6.54. The van der Waals surface area contributed by atoms with Crippen molar-refractivity contribution in [2.75, 3.05) is 45.1 Å². The SMILES string of the molecule is Nc1ccccc1CC(=O)N1CCN(CCO)CC1. The first-order chi connectivity index (χ1) is 9.20. The van der Waals surface area contributed by atoms with Crippen molar-refractivity contribution >= 4 is 11.6 Å². The number of carbonyl (C=O) groups is 1. The summed E-state index contributed by atoms with van der Waals surface area (Å²) in [5.41, 5.74) is 7.42. The molecule has 1 aliphatic rings. The number of nitrogen functional groups attached to an aromatic ring is 1. The van der Waals surface area contributed by atoms with E-state index in [-0.39, 0.29) is 12.5 Å². The molecular formula is C14H21N3O2. The first-order valence-electron chi connectivity index (χ1n) is 6.65. The van der Waals surface area contributed by atoms with E-state index in [1.807, 2.05) is 29.2 Å². The number of aliphatic hydroxyl groups excluding tert-OH is 1. The number of carbonyl (C=O) groups excluding carboxylic acids is 1. The van der Waals surface area contributed by atoms with Crippen LogP contribution in [0.15, 0.2) is 24.3 Å². The molecule has 5 heteroatoms. The maximum Gasteiger partial charge on any atom is 0.227 e. The summed E-state index contributed by atoms with van der Waals surface area (Å²) in [5.74, 6) is 0.126. The first kappa shape index (κ1) is 13.8. The molecule has 1 amide bonds. The molecule has 1 aromatic rings. The van der Waals surface area contributed by atoms with Crippen LogP contribution in [0, 0.1) is 0 Å². The van der Waals surface area contributed by atoms with Crippen LogP contribution in [0.2, 0.25) is 0 Å². The topological polar surface area (TPSA) is 69.8 Å². The fourth-order valence-corrected chi connectivity index (χ4v) is 2.33. The van der Waals surface area contributed by atoms with Crippen LogP contribution in [-0.4, -0.2) is 60.1 Å². The highest BCUT2D eigenvalue weighted by atomic mass is 16.3. The van der Waals surface area contributed by atoms with Gasteiger partial charge >= 0.3 is 0 Å². The van der Waals surface area contributed by atoms with Gasteiger partial charge in [0.2, 0.25) is 5.91 Å². The minimum Gasteiger partial charge on any atom is -0.398 e. The lowest BCUT2D eigenvalue weighted by Gasteiger charge is -2.34. The second-order valence-electron chi connectivity index (χ2n) is 4.82. The van der Waals surface area contributed by atoms with Gasteiger partial charge in [-0.25, -0.2) is 0 Å². The molecule has 0 aliphatic carbocycles. The molecule has 1 saturated heterocycles. The molecule has 5 nitrogen and oxygen atoms in total. The van der Waals surface area contributed by atoms with Gasteiger partial charge < -0.3 is 15.7 Å². The summed E-state index contributed by atoms with van der Waals surface area (Å²) in [6.07, 6.45) is 0.368. The van der Waals surface area contributed by atoms with E-state index in [1.165, 1.54) is 0 Å². The zero-order chi connectivity index (χ0) is 13.7. The molecule has 0 aromatic heterocycles. The Morgan fingerprint density at radius 2 is 1.89 bits per heavy atom. The van der Waals surface area contributed by atoms with E-state index in [4.69, 9.17) is 10.8 Å². The smallest absolute Gasteiger partial charge is 0.227 e.